The number of hydrogen-bond donors (Lipinski definition) is 0. The summed E-state index contributed by atoms with van der Waals surface area (Å²) in [6, 6.07) is 11.7. The van der Waals surface area contributed by atoms with E-state index in [1.165, 1.54) is 21.6 Å². The van der Waals surface area contributed by atoms with Crippen LogP contribution in [0.25, 0.3) is 26.1 Å². The van der Waals surface area contributed by atoms with E-state index in [9.17, 15) is 4.79 Å². The van der Waals surface area contributed by atoms with E-state index in [-0.39, 0.29) is 5.56 Å². The molecule has 2 aromatic heterocycles. The standard InChI is InChI=1S/C17H13N3OS/c1-10-7-11(2)15-14(8-10)22-17(19-15)20-16(21)13-6-4-3-5-12(13)9-18-20/h3-9H,1-2H3. The highest BCUT2D eigenvalue weighted by atomic mass is 32.1. The summed E-state index contributed by atoms with van der Waals surface area (Å²) in [6.07, 6.45) is 1.71. The first-order valence-electron chi connectivity index (χ1n) is 6.99. The highest BCUT2D eigenvalue weighted by Crippen LogP contribution is 2.27. The second-order valence-corrected chi connectivity index (χ2v) is 6.38. The topological polar surface area (TPSA) is 47.8 Å². The van der Waals surface area contributed by atoms with Gasteiger partial charge in [-0.25, -0.2) is 4.98 Å². The van der Waals surface area contributed by atoms with Crippen LogP contribution in [0.3, 0.4) is 0 Å². The Labute approximate surface area is 130 Å². The zero-order valence-corrected chi connectivity index (χ0v) is 13.0. The van der Waals surface area contributed by atoms with E-state index in [1.54, 1.807) is 6.20 Å². The average Bonchev–Trinajstić information content (AvgIpc) is 2.92. The lowest BCUT2D eigenvalue weighted by molar-refractivity contribution is 0.815. The van der Waals surface area contributed by atoms with E-state index < -0.39 is 0 Å². The molecule has 0 radical (unpaired) electrons. The monoisotopic (exact) mass is 307 g/mol. The first-order chi connectivity index (χ1) is 10.6. The zero-order chi connectivity index (χ0) is 15.3. The Morgan fingerprint density at radius 1 is 1.14 bits per heavy atom. The summed E-state index contributed by atoms with van der Waals surface area (Å²) in [4.78, 5) is 17.2. The smallest absolute Gasteiger partial charge is 0.267 e. The van der Waals surface area contributed by atoms with Gasteiger partial charge >= 0.3 is 0 Å². The molecule has 0 amide bonds. The van der Waals surface area contributed by atoms with Gasteiger partial charge < -0.3 is 0 Å². The van der Waals surface area contributed by atoms with Crippen LogP contribution < -0.4 is 5.56 Å². The molecule has 4 rings (SSSR count). The Morgan fingerprint density at radius 3 is 2.82 bits per heavy atom. The third-order valence-electron chi connectivity index (χ3n) is 3.70. The van der Waals surface area contributed by atoms with Gasteiger partial charge in [-0.15, -0.1) is 0 Å². The van der Waals surface area contributed by atoms with Crippen LogP contribution >= 0.6 is 11.3 Å². The average molecular weight is 307 g/mol. The molecule has 2 heterocycles. The predicted molar refractivity (Wildman–Crippen MR) is 90.0 cm³/mol. The number of fused-ring (bicyclic) bond motifs is 2. The van der Waals surface area contributed by atoms with Crippen molar-refractivity contribution in [1.82, 2.24) is 14.8 Å². The van der Waals surface area contributed by atoms with Crippen LogP contribution in [0, 0.1) is 13.8 Å². The zero-order valence-electron chi connectivity index (χ0n) is 12.2. The van der Waals surface area contributed by atoms with E-state index in [2.05, 4.69) is 29.1 Å². The number of thiazole rings is 1. The molecule has 0 aliphatic rings. The van der Waals surface area contributed by atoms with Gasteiger partial charge in [-0.2, -0.15) is 9.78 Å². The molecule has 0 aliphatic carbocycles. The third-order valence-corrected chi connectivity index (χ3v) is 4.67. The Kier molecular flexibility index (Phi) is 2.84. The molecule has 0 saturated carbocycles. The summed E-state index contributed by atoms with van der Waals surface area (Å²) in [7, 11) is 0. The van der Waals surface area contributed by atoms with Gasteiger partial charge in [0.1, 0.15) is 0 Å². The van der Waals surface area contributed by atoms with Crippen LogP contribution in [-0.4, -0.2) is 14.8 Å². The Balaban J connectivity index is 2.01. The summed E-state index contributed by atoms with van der Waals surface area (Å²) in [5.74, 6) is 0. The molecule has 0 atom stereocenters. The summed E-state index contributed by atoms with van der Waals surface area (Å²) in [5.41, 5.74) is 3.12. The molecule has 2 aromatic carbocycles. The van der Waals surface area contributed by atoms with Gasteiger partial charge in [-0.3, -0.25) is 4.79 Å². The van der Waals surface area contributed by atoms with E-state index >= 15 is 0 Å². The van der Waals surface area contributed by atoms with Gasteiger partial charge in [0.25, 0.3) is 5.56 Å². The van der Waals surface area contributed by atoms with E-state index in [4.69, 9.17) is 0 Å². The Bertz CT molecular complexity index is 1080. The van der Waals surface area contributed by atoms with Gasteiger partial charge in [0.2, 0.25) is 5.13 Å². The number of aryl methyl sites for hydroxylation is 2. The van der Waals surface area contributed by atoms with Crippen molar-refractivity contribution in [2.75, 3.05) is 0 Å². The van der Waals surface area contributed by atoms with Crippen molar-refractivity contribution in [3.05, 3.63) is 64.1 Å². The maximum atomic E-state index is 12.6. The summed E-state index contributed by atoms with van der Waals surface area (Å²) < 4.78 is 2.47. The molecule has 0 bridgehead atoms. The minimum Gasteiger partial charge on any atom is -0.267 e. The molecular formula is C17H13N3OS. The molecule has 0 saturated heterocycles. The van der Waals surface area contributed by atoms with Crippen LogP contribution in [-0.2, 0) is 0 Å². The largest absolute Gasteiger partial charge is 0.281 e. The van der Waals surface area contributed by atoms with Crippen LogP contribution in [0.2, 0.25) is 0 Å². The van der Waals surface area contributed by atoms with E-state index in [1.807, 2.05) is 31.2 Å². The van der Waals surface area contributed by atoms with Crippen LogP contribution in [0.1, 0.15) is 11.1 Å². The summed E-state index contributed by atoms with van der Waals surface area (Å²) in [5, 5.41) is 6.39. The number of rotatable bonds is 1. The van der Waals surface area contributed by atoms with Crippen molar-refractivity contribution in [2.45, 2.75) is 13.8 Å². The van der Waals surface area contributed by atoms with E-state index in [0.717, 1.165) is 21.2 Å². The second kappa shape index (κ2) is 4.74. The molecule has 0 N–H and O–H groups in total. The van der Waals surface area contributed by atoms with Crippen molar-refractivity contribution < 1.29 is 0 Å². The highest BCUT2D eigenvalue weighted by Gasteiger charge is 2.12. The molecule has 5 heteroatoms. The van der Waals surface area contributed by atoms with Crippen LogP contribution in [0.4, 0.5) is 0 Å². The SMILES string of the molecule is Cc1cc(C)c2nc(-n3ncc4ccccc4c3=O)sc2c1. The maximum Gasteiger partial charge on any atom is 0.281 e. The lowest BCUT2D eigenvalue weighted by atomic mass is 10.1. The minimum atomic E-state index is -0.133. The van der Waals surface area contributed by atoms with Crippen molar-refractivity contribution >= 4 is 32.3 Å². The lowest BCUT2D eigenvalue weighted by Crippen LogP contribution is -2.20. The molecule has 4 aromatic rings. The fourth-order valence-electron chi connectivity index (χ4n) is 2.68. The van der Waals surface area contributed by atoms with Gasteiger partial charge in [0, 0.05) is 5.39 Å². The first kappa shape index (κ1) is 13.2. The predicted octanol–water partition coefficient (Wildman–Crippen LogP) is 3.61. The molecule has 22 heavy (non-hydrogen) atoms. The van der Waals surface area contributed by atoms with Crippen molar-refractivity contribution in [2.24, 2.45) is 0 Å². The third kappa shape index (κ3) is 1.94. The Hall–Kier alpha value is -2.53. The highest BCUT2D eigenvalue weighted by molar-refractivity contribution is 7.20. The molecule has 4 nitrogen and oxygen atoms in total. The minimum absolute atomic E-state index is 0.133. The number of hydrogen-bond acceptors (Lipinski definition) is 4. The quantitative estimate of drug-likeness (QED) is 0.540. The molecule has 0 fully saturated rings. The van der Waals surface area contributed by atoms with Gasteiger partial charge in [-0.1, -0.05) is 35.6 Å². The fourth-order valence-corrected chi connectivity index (χ4v) is 3.77. The number of aromatic nitrogens is 3. The summed E-state index contributed by atoms with van der Waals surface area (Å²) in [6.45, 7) is 4.10. The van der Waals surface area contributed by atoms with Crippen molar-refractivity contribution in [3.8, 4) is 5.13 Å². The molecule has 0 spiro atoms. The molecular weight excluding hydrogens is 294 g/mol. The van der Waals surface area contributed by atoms with Crippen molar-refractivity contribution in [1.29, 1.82) is 0 Å². The molecule has 108 valence electrons. The normalized spacial score (nSPS) is 11.4. The molecule has 0 aliphatic heterocycles. The Morgan fingerprint density at radius 2 is 1.95 bits per heavy atom. The maximum absolute atomic E-state index is 12.6. The number of nitrogens with zero attached hydrogens (tertiary/aromatic N) is 3. The van der Waals surface area contributed by atoms with Crippen molar-refractivity contribution in [3.63, 3.8) is 0 Å². The first-order valence-corrected chi connectivity index (χ1v) is 7.80. The second-order valence-electron chi connectivity index (χ2n) is 5.37. The number of benzene rings is 2. The fraction of sp³-hybridized carbons (Fsp3) is 0.118. The van der Waals surface area contributed by atoms with Crippen LogP contribution in [0.5, 0.6) is 0 Å². The van der Waals surface area contributed by atoms with Crippen LogP contribution in [0.15, 0.2) is 47.4 Å². The summed E-state index contributed by atoms with van der Waals surface area (Å²) >= 11 is 1.49. The van der Waals surface area contributed by atoms with Gasteiger partial charge in [0.15, 0.2) is 0 Å². The van der Waals surface area contributed by atoms with E-state index in [0.29, 0.717) is 10.5 Å². The molecule has 0 unspecified atom stereocenters. The lowest BCUT2D eigenvalue weighted by Gasteiger charge is -2.01. The van der Waals surface area contributed by atoms with Gasteiger partial charge in [-0.05, 0) is 37.1 Å². The van der Waals surface area contributed by atoms with Gasteiger partial charge in [0.05, 0.1) is 21.8 Å².